The van der Waals surface area contributed by atoms with Crippen LogP contribution in [-0.2, 0) is 4.74 Å². The van der Waals surface area contributed by atoms with Gasteiger partial charge in [-0.3, -0.25) is 0 Å². The number of aromatic nitrogens is 2. The van der Waals surface area contributed by atoms with Crippen LogP contribution in [0.3, 0.4) is 0 Å². The number of carbonyl (C=O) groups is 1. The van der Waals surface area contributed by atoms with Gasteiger partial charge in [-0.2, -0.15) is 0 Å². The molecule has 6 nitrogen and oxygen atoms in total. The molecule has 1 aromatic heterocycles. The summed E-state index contributed by atoms with van der Waals surface area (Å²) in [6.07, 6.45) is 0. The Bertz CT molecular complexity index is 302. The van der Waals surface area contributed by atoms with Crippen molar-refractivity contribution in [2.75, 3.05) is 18.9 Å². The predicted molar refractivity (Wildman–Crippen MR) is 50.0 cm³/mol. The minimum Gasteiger partial charge on any atom is -0.459 e. The smallest absolute Gasteiger partial charge is 0.396 e. The zero-order chi connectivity index (χ0) is 10.4. The van der Waals surface area contributed by atoms with Gasteiger partial charge in [0, 0.05) is 12.3 Å². The van der Waals surface area contributed by atoms with Gasteiger partial charge in [0.05, 0.1) is 6.61 Å². The highest BCUT2D eigenvalue weighted by Crippen LogP contribution is 2.15. The summed E-state index contributed by atoms with van der Waals surface area (Å²) in [6, 6.07) is 0. The number of ether oxygens (including phenoxy) is 1. The zero-order valence-corrected chi connectivity index (χ0v) is 8.54. The summed E-state index contributed by atoms with van der Waals surface area (Å²) in [6.45, 7) is 2.51. The number of nitrogens with two attached hydrogens (primary N) is 1. The second kappa shape index (κ2) is 5.61. The van der Waals surface area contributed by atoms with Crippen molar-refractivity contribution in [3.63, 3.8) is 0 Å². The van der Waals surface area contributed by atoms with Gasteiger partial charge in [-0.1, -0.05) is 16.9 Å². The van der Waals surface area contributed by atoms with Gasteiger partial charge in [0.25, 0.3) is 5.22 Å². The van der Waals surface area contributed by atoms with Crippen LogP contribution in [-0.4, -0.2) is 35.1 Å². The molecule has 0 radical (unpaired) electrons. The van der Waals surface area contributed by atoms with Crippen molar-refractivity contribution >= 4 is 17.7 Å². The van der Waals surface area contributed by atoms with Crippen molar-refractivity contribution in [1.82, 2.24) is 10.2 Å². The largest absolute Gasteiger partial charge is 0.459 e. The lowest BCUT2D eigenvalue weighted by molar-refractivity contribution is 0.0475. The molecule has 0 bridgehead atoms. The number of thioether (sulfide) groups is 1. The molecule has 0 saturated carbocycles. The molecular weight excluding hydrogens is 206 g/mol. The van der Waals surface area contributed by atoms with Gasteiger partial charge in [-0.25, -0.2) is 4.79 Å². The Morgan fingerprint density at radius 2 is 2.43 bits per heavy atom. The Kier molecular flexibility index (Phi) is 4.41. The van der Waals surface area contributed by atoms with Crippen molar-refractivity contribution in [3.05, 3.63) is 5.89 Å². The first-order chi connectivity index (χ1) is 6.77. The average molecular weight is 217 g/mol. The van der Waals surface area contributed by atoms with Crippen LogP contribution in [0.15, 0.2) is 9.64 Å². The lowest BCUT2D eigenvalue weighted by atomic mass is 10.7. The molecule has 1 rings (SSSR count). The molecule has 0 aliphatic rings. The van der Waals surface area contributed by atoms with Gasteiger partial charge in [-0.05, 0) is 6.92 Å². The van der Waals surface area contributed by atoms with Crippen LogP contribution in [0.1, 0.15) is 17.6 Å². The van der Waals surface area contributed by atoms with E-state index in [1.54, 1.807) is 6.92 Å². The molecule has 0 spiro atoms. The number of carbonyl (C=O) groups excluding carboxylic acids is 1. The summed E-state index contributed by atoms with van der Waals surface area (Å²) >= 11 is 1.30. The Morgan fingerprint density at radius 3 is 3.07 bits per heavy atom. The van der Waals surface area contributed by atoms with Gasteiger partial charge in [0.15, 0.2) is 0 Å². The van der Waals surface area contributed by atoms with E-state index < -0.39 is 5.97 Å². The quantitative estimate of drug-likeness (QED) is 0.560. The summed E-state index contributed by atoms with van der Waals surface area (Å²) in [5.74, 6) is -0.0456. The molecule has 14 heavy (non-hydrogen) atoms. The van der Waals surface area contributed by atoms with Crippen molar-refractivity contribution in [3.8, 4) is 0 Å². The maximum atomic E-state index is 11.1. The highest BCUT2D eigenvalue weighted by Gasteiger charge is 2.15. The Hall–Kier alpha value is -1.08. The van der Waals surface area contributed by atoms with Gasteiger partial charge in [0.1, 0.15) is 0 Å². The van der Waals surface area contributed by atoms with E-state index in [0.29, 0.717) is 17.5 Å². The molecule has 0 aliphatic carbocycles. The fourth-order valence-electron chi connectivity index (χ4n) is 0.690. The molecule has 0 aliphatic heterocycles. The summed E-state index contributed by atoms with van der Waals surface area (Å²) < 4.78 is 9.69. The zero-order valence-electron chi connectivity index (χ0n) is 7.73. The number of hydrogen-bond acceptors (Lipinski definition) is 7. The molecule has 1 heterocycles. The molecule has 0 unspecified atom stereocenters. The number of rotatable bonds is 5. The number of hydrogen-bond donors (Lipinski definition) is 1. The minimum atomic E-state index is -0.598. The summed E-state index contributed by atoms with van der Waals surface area (Å²) in [7, 11) is 0. The van der Waals surface area contributed by atoms with E-state index in [1.165, 1.54) is 11.8 Å². The average Bonchev–Trinajstić information content (AvgIpc) is 2.63. The molecule has 0 fully saturated rings. The topological polar surface area (TPSA) is 91.2 Å². The third-order valence-electron chi connectivity index (χ3n) is 1.20. The molecule has 0 amide bonds. The standard InChI is InChI=1S/C7H11N3O3S/c1-2-12-6(11)5-9-10-7(13-5)14-4-3-8/h2-4,8H2,1H3. The molecule has 0 saturated heterocycles. The predicted octanol–water partition coefficient (Wildman–Crippen LogP) is 0.297. The van der Waals surface area contributed by atoms with Crippen LogP contribution >= 0.6 is 11.8 Å². The third-order valence-corrected chi connectivity index (χ3v) is 2.05. The third kappa shape index (κ3) is 3.00. The first-order valence-corrected chi connectivity index (χ1v) is 5.10. The van der Waals surface area contributed by atoms with E-state index in [2.05, 4.69) is 14.9 Å². The maximum absolute atomic E-state index is 11.1. The SMILES string of the molecule is CCOC(=O)c1nnc(SCCN)o1. The second-order valence-electron chi connectivity index (χ2n) is 2.23. The monoisotopic (exact) mass is 217 g/mol. The van der Waals surface area contributed by atoms with Gasteiger partial charge in [0.2, 0.25) is 0 Å². The second-order valence-corrected chi connectivity index (χ2v) is 3.28. The van der Waals surface area contributed by atoms with E-state index in [1.807, 2.05) is 0 Å². The molecule has 78 valence electrons. The van der Waals surface area contributed by atoms with Gasteiger partial charge in [-0.15, -0.1) is 5.10 Å². The molecule has 0 aromatic carbocycles. The molecule has 7 heteroatoms. The molecular formula is C7H11N3O3S. The highest BCUT2D eigenvalue weighted by molar-refractivity contribution is 7.99. The van der Waals surface area contributed by atoms with E-state index in [-0.39, 0.29) is 12.5 Å². The lowest BCUT2D eigenvalue weighted by Crippen LogP contribution is -2.04. The Balaban J connectivity index is 2.54. The number of esters is 1. The van der Waals surface area contributed by atoms with Crippen LogP contribution < -0.4 is 5.73 Å². The van der Waals surface area contributed by atoms with Crippen LogP contribution in [0.2, 0.25) is 0 Å². The molecule has 1 aromatic rings. The van der Waals surface area contributed by atoms with E-state index in [0.717, 1.165) is 0 Å². The fourth-order valence-corrected chi connectivity index (χ4v) is 1.22. The van der Waals surface area contributed by atoms with E-state index in [4.69, 9.17) is 10.2 Å². The normalized spacial score (nSPS) is 10.1. The van der Waals surface area contributed by atoms with Crippen LogP contribution in [0.25, 0.3) is 0 Å². The molecule has 2 N–H and O–H groups in total. The van der Waals surface area contributed by atoms with E-state index >= 15 is 0 Å². The van der Waals surface area contributed by atoms with Crippen molar-refractivity contribution in [2.24, 2.45) is 5.73 Å². The van der Waals surface area contributed by atoms with Crippen molar-refractivity contribution in [1.29, 1.82) is 0 Å². The summed E-state index contributed by atoms with van der Waals surface area (Å²) in [4.78, 5) is 11.1. The van der Waals surface area contributed by atoms with Crippen molar-refractivity contribution in [2.45, 2.75) is 12.1 Å². The summed E-state index contributed by atoms with van der Waals surface area (Å²) in [5.41, 5.74) is 5.29. The van der Waals surface area contributed by atoms with Crippen LogP contribution in [0, 0.1) is 0 Å². The fraction of sp³-hybridized carbons (Fsp3) is 0.571. The number of nitrogens with zero attached hydrogens (tertiary/aromatic N) is 2. The maximum Gasteiger partial charge on any atom is 0.396 e. The van der Waals surface area contributed by atoms with Crippen LogP contribution in [0.4, 0.5) is 0 Å². The van der Waals surface area contributed by atoms with E-state index in [9.17, 15) is 4.79 Å². The summed E-state index contributed by atoms with van der Waals surface area (Å²) in [5, 5.41) is 7.51. The Labute approximate surface area is 85.2 Å². The molecule has 0 atom stereocenters. The minimum absolute atomic E-state index is 0.119. The lowest BCUT2D eigenvalue weighted by Gasteiger charge is -1.94. The first kappa shape index (κ1) is 11.0. The Morgan fingerprint density at radius 1 is 1.64 bits per heavy atom. The first-order valence-electron chi connectivity index (χ1n) is 4.11. The highest BCUT2D eigenvalue weighted by atomic mass is 32.2. The van der Waals surface area contributed by atoms with Gasteiger partial charge < -0.3 is 14.9 Å². The van der Waals surface area contributed by atoms with Crippen LogP contribution in [0.5, 0.6) is 0 Å². The van der Waals surface area contributed by atoms with Crippen molar-refractivity contribution < 1.29 is 13.9 Å². The van der Waals surface area contributed by atoms with Gasteiger partial charge >= 0.3 is 11.9 Å².